The third-order valence-electron chi connectivity index (χ3n) is 4.15. The monoisotopic (exact) mass is 329 g/mol. The molecule has 5 nitrogen and oxygen atoms in total. The molecule has 2 aromatic rings. The van der Waals surface area contributed by atoms with Gasteiger partial charge >= 0.3 is 0 Å². The molecule has 24 heavy (non-hydrogen) atoms. The van der Waals surface area contributed by atoms with Gasteiger partial charge in [-0.3, -0.25) is 9.48 Å². The molecule has 1 aromatic carbocycles. The molecule has 5 heteroatoms. The van der Waals surface area contributed by atoms with Gasteiger partial charge in [0.15, 0.2) is 0 Å². The number of nitrogens with zero attached hydrogens (tertiary/aromatic N) is 2. The minimum absolute atomic E-state index is 0.108. The summed E-state index contributed by atoms with van der Waals surface area (Å²) in [5, 5.41) is 17.0. The maximum Gasteiger partial charge on any atom is 0.251 e. The zero-order chi connectivity index (χ0) is 17.7. The van der Waals surface area contributed by atoms with Crippen molar-refractivity contribution >= 4 is 5.91 Å². The van der Waals surface area contributed by atoms with E-state index in [-0.39, 0.29) is 17.9 Å². The Hall–Kier alpha value is -2.14. The third-order valence-corrected chi connectivity index (χ3v) is 4.15. The normalized spacial score (nSPS) is 12.4. The van der Waals surface area contributed by atoms with Crippen LogP contribution in [-0.4, -0.2) is 33.4 Å². The van der Waals surface area contributed by atoms with Gasteiger partial charge < -0.3 is 10.4 Å². The second kappa shape index (κ2) is 8.11. The summed E-state index contributed by atoms with van der Waals surface area (Å²) in [4.78, 5) is 12.1. The molecule has 2 rings (SSSR count). The summed E-state index contributed by atoms with van der Waals surface area (Å²) in [6.45, 7) is 9.12. The second-order valence-corrected chi connectivity index (χ2v) is 6.64. The molecule has 2 N–H and O–H groups in total. The second-order valence-electron chi connectivity index (χ2n) is 6.64. The van der Waals surface area contributed by atoms with E-state index in [0.29, 0.717) is 25.1 Å². The van der Waals surface area contributed by atoms with Gasteiger partial charge in [-0.1, -0.05) is 26.0 Å². The first kappa shape index (κ1) is 18.2. The molecule has 1 atom stereocenters. The third kappa shape index (κ3) is 4.93. The number of benzene rings is 1. The lowest BCUT2D eigenvalue weighted by Crippen LogP contribution is -2.28. The maximum atomic E-state index is 12.1. The lowest BCUT2D eigenvalue weighted by Gasteiger charge is -2.14. The van der Waals surface area contributed by atoms with Gasteiger partial charge in [-0.2, -0.15) is 5.10 Å². The first-order valence-electron chi connectivity index (χ1n) is 8.43. The van der Waals surface area contributed by atoms with Crippen molar-refractivity contribution in [3.8, 4) is 0 Å². The van der Waals surface area contributed by atoms with Crippen LogP contribution in [-0.2, 0) is 6.54 Å². The van der Waals surface area contributed by atoms with Crippen LogP contribution in [0.3, 0.4) is 0 Å². The Morgan fingerprint density at radius 2 is 1.92 bits per heavy atom. The zero-order valence-electron chi connectivity index (χ0n) is 14.9. The van der Waals surface area contributed by atoms with Crippen LogP contribution >= 0.6 is 0 Å². The van der Waals surface area contributed by atoms with Gasteiger partial charge in [0.2, 0.25) is 0 Å². The Labute approximate surface area is 143 Å². The number of aliphatic hydroxyl groups excluding tert-OH is 1. The van der Waals surface area contributed by atoms with Gasteiger partial charge in [-0.15, -0.1) is 0 Å². The van der Waals surface area contributed by atoms with Crippen molar-refractivity contribution in [3.05, 3.63) is 52.8 Å². The van der Waals surface area contributed by atoms with E-state index in [1.54, 1.807) is 0 Å². The summed E-state index contributed by atoms with van der Waals surface area (Å²) in [7, 11) is 0. The Morgan fingerprint density at radius 3 is 2.46 bits per heavy atom. The predicted molar refractivity (Wildman–Crippen MR) is 95.0 cm³/mol. The molecule has 0 radical (unpaired) electrons. The van der Waals surface area contributed by atoms with Crippen molar-refractivity contribution in [2.45, 2.75) is 46.8 Å². The molecule has 0 spiro atoms. The number of carbonyl (C=O) groups excluding carboxylic acids is 1. The highest BCUT2D eigenvalue weighted by Crippen LogP contribution is 2.10. The van der Waals surface area contributed by atoms with Crippen LogP contribution in [0.15, 0.2) is 30.3 Å². The molecule has 0 saturated heterocycles. The summed E-state index contributed by atoms with van der Waals surface area (Å²) in [6, 6.07) is 9.61. The maximum absolute atomic E-state index is 12.1. The fourth-order valence-corrected chi connectivity index (χ4v) is 2.54. The molecule has 0 bridgehead atoms. The molecule has 0 aliphatic carbocycles. The molecule has 1 aromatic heterocycles. The van der Waals surface area contributed by atoms with Crippen LogP contribution in [0.25, 0.3) is 0 Å². The summed E-state index contributed by atoms with van der Waals surface area (Å²) in [5.41, 5.74) is 3.87. The van der Waals surface area contributed by atoms with Crippen molar-refractivity contribution in [2.24, 2.45) is 5.92 Å². The van der Waals surface area contributed by atoms with E-state index in [9.17, 15) is 9.90 Å². The van der Waals surface area contributed by atoms with Gasteiger partial charge in [0, 0.05) is 17.8 Å². The number of amides is 1. The van der Waals surface area contributed by atoms with E-state index in [1.165, 1.54) is 0 Å². The van der Waals surface area contributed by atoms with E-state index in [4.69, 9.17) is 0 Å². The standard InChI is InChI=1S/C19H27N3O2/c1-13(2)18(23)9-10-20-19(24)17-7-5-16(6-8-17)12-22-15(4)11-14(3)21-22/h5-8,11,13,18,23H,9-10,12H2,1-4H3,(H,20,24). The lowest BCUT2D eigenvalue weighted by atomic mass is 10.0. The van der Waals surface area contributed by atoms with E-state index in [2.05, 4.69) is 10.4 Å². The zero-order valence-corrected chi connectivity index (χ0v) is 14.9. The number of hydrogen-bond acceptors (Lipinski definition) is 3. The average Bonchev–Trinajstić information content (AvgIpc) is 2.85. The molecule has 130 valence electrons. The molecular formula is C19H27N3O2. The van der Waals surface area contributed by atoms with Gasteiger partial charge in [-0.05, 0) is 49.9 Å². The van der Waals surface area contributed by atoms with E-state index in [0.717, 1.165) is 17.0 Å². The summed E-state index contributed by atoms with van der Waals surface area (Å²) in [6.07, 6.45) is 0.188. The molecule has 0 aliphatic heterocycles. The largest absolute Gasteiger partial charge is 0.393 e. The van der Waals surface area contributed by atoms with E-state index in [1.807, 2.05) is 62.7 Å². The van der Waals surface area contributed by atoms with Crippen molar-refractivity contribution in [1.82, 2.24) is 15.1 Å². The minimum atomic E-state index is -0.381. The highest BCUT2D eigenvalue weighted by Gasteiger charge is 2.10. The highest BCUT2D eigenvalue weighted by molar-refractivity contribution is 5.94. The van der Waals surface area contributed by atoms with Crippen molar-refractivity contribution in [2.75, 3.05) is 6.54 Å². The van der Waals surface area contributed by atoms with Gasteiger partial charge in [0.05, 0.1) is 18.3 Å². The van der Waals surface area contributed by atoms with Crippen molar-refractivity contribution in [1.29, 1.82) is 0 Å². The molecule has 1 heterocycles. The topological polar surface area (TPSA) is 67.2 Å². The smallest absolute Gasteiger partial charge is 0.251 e. The average molecular weight is 329 g/mol. The first-order valence-corrected chi connectivity index (χ1v) is 8.43. The van der Waals surface area contributed by atoms with Crippen LogP contribution < -0.4 is 5.32 Å². The number of carbonyl (C=O) groups is 1. The number of aryl methyl sites for hydroxylation is 2. The molecule has 0 saturated carbocycles. The Morgan fingerprint density at radius 1 is 1.25 bits per heavy atom. The van der Waals surface area contributed by atoms with E-state index >= 15 is 0 Å². The Kier molecular flexibility index (Phi) is 6.15. The molecule has 1 amide bonds. The van der Waals surface area contributed by atoms with Crippen LogP contribution in [0.1, 0.15) is 47.6 Å². The van der Waals surface area contributed by atoms with Crippen molar-refractivity contribution < 1.29 is 9.90 Å². The van der Waals surface area contributed by atoms with Gasteiger partial charge in [0.25, 0.3) is 5.91 Å². The summed E-state index contributed by atoms with van der Waals surface area (Å²) in [5.74, 6) is 0.0965. The Bertz CT molecular complexity index is 674. The SMILES string of the molecule is Cc1cc(C)n(Cc2ccc(C(=O)NCCC(O)C(C)C)cc2)n1. The quantitative estimate of drug-likeness (QED) is 0.821. The summed E-state index contributed by atoms with van der Waals surface area (Å²) < 4.78 is 1.96. The van der Waals surface area contributed by atoms with Crippen molar-refractivity contribution in [3.63, 3.8) is 0 Å². The molecule has 0 fully saturated rings. The number of hydrogen-bond donors (Lipinski definition) is 2. The lowest BCUT2D eigenvalue weighted by molar-refractivity contribution is 0.0920. The van der Waals surface area contributed by atoms with Gasteiger partial charge in [0.1, 0.15) is 0 Å². The molecule has 1 unspecified atom stereocenters. The number of aromatic nitrogens is 2. The fraction of sp³-hybridized carbons (Fsp3) is 0.474. The molecular weight excluding hydrogens is 302 g/mol. The highest BCUT2D eigenvalue weighted by atomic mass is 16.3. The summed E-state index contributed by atoms with van der Waals surface area (Å²) >= 11 is 0. The van der Waals surface area contributed by atoms with E-state index < -0.39 is 0 Å². The Balaban J connectivity index is 1.89. The first-order chi connectivity index (χ1) is 11.4. The minimum Gasteiger partial charge on any atom is -0.393 e. The van der Waals surface area contributed by atoms with Crippen LogP contribution in [0.4, 0.5) is 0 Å². The van der Waals surface area contributed by atoms with Gasteiger partial charge in [-0.25, -0.2) is 0 Å². The fourth-order valence-electron chi connectivity index (χ4n) is 2.54. The predicted octanol–water partition coefficient (Wildman–Crippen LogP) is 2.69. The number of nitrogens with one attached hydrogen (secondary N) is 1. The van der Waals surface area contributed by atoms with Crippen LogP contribution in [0.2, 0.25) is 0 Å². The molecule has 0 aliphatic rings. The number of aliphatic hydroxyl groups is 1. The van der Waals surface area contributed by atoms with Crippen LogP contribution in [0, 0.1) is 19.8 Å². The van der Waals surface area contributed by atoms with Crippen LogP contribution in [0.5, 0.6) is 0 Å². The number of rotatable bonds is 7.